The van der Waals surface area contributed by atoms with Gasteiger partial charge >= 0.3 is 0 Å². The lowest BCUT2D eigenvalue weighted by Gasteiger charge is -2.24. The predicted molar refractivity (Wildman–Crippen MR) is 146 cm³/mol. The van der Waals surface area contributed by atoms with E-state index in [2.05, 4.69) is 31.4 Å². The molecular weight excluding hydrogens is 560 g/mol. The Bertz CT molecular complexity index is 1400. The molecule has 3 aromatic carbocycles. The van der Waals surface area contributed by atoms with Gasteiger partial charge in [-0.25, -0.2) is 12.7 Å². The molecule has 0 fully saturated rings. The van der Waals surface area contributed by atoms with Crippen LogP contribution in [0, 0.1) is 0 Å². The van der Waals surface area contributed by atoms with Gasteiger partial charge in [0.2, 0.25) is 21.1 Å². The molecule has 0 radical (unpaired) electrons. The average molecular weight is 586 g/mol. The molecule has 1 unspecified atom stereocenters. The van der Waals surface area contributed by atoms with Crippen LogP contribution >= 0.6 is 27.3 Å². The summed E-state index contributed by atoms with van der Waals surface area (Å²) in [5.41, 5.74) is 2.00. The Morgan fingerprint density at radius 1 is 0.972 bits per heavy atom. The minimum Gasteiger partial charge on any atom is -0.301 e. The molecule has 0 saturated carbocycles. The minimum absolute atomic E-state index is 0.0950. The zero-order valence-electron chi connectivity index (χ0n) is 19.5. The molecule has 36 heavy (non-hydrogen) atoms. The summed E-state index contributed by atoms with van der Waals surface area (Å²) >= 11 is 4.66. The molecule has 0 aliphatic carbocycles. The number of likely N-dealkylation sites (N-methyl/N-ethyl adjacent to an activating group) is 1. The highest BCUT2D eigenvalue weighted by atomic mass is 79.9. The van der Waals surface area contributed by atoms with Crippen molar-refractivity contribution in [2.75, 3.05) is 18.9 Å². The van der Waals surface area contributed by atoms with Gasteiger partial charge in [0.15, 0.2) is 0 Å². The van der Waals surface area contributed by atoms with E-state index in [4.69, 9.17) is 0 Å². The van der Waals surface area contributed by atoms with E-state index in [-0.39, 0.29) is 29.7 Å². The van der Waals surface area contributed by atoms with Gasteiger partial charge in [-0.1, -0.05) is 87.9 Å². The first-order valence-electron chi connectivity index (χ1n) is 11.2. The lowest BCUT2D eigenvalue weighted by atomic mass is 9.95. The van der Waals surface area contributed by atoms with Crippen molar-refractivity contribution in [3.05, 3.63) is 106 Å². The fourth-order valence-electron chi connectivity index (χ4n) is 3.75. The van der Waals surface area contributed by atoms with Gasteiger partial charge < -0.3 is 5.32 Å². The van der Waals surface area contributed by atoms with Crippen LogP contribution in [-0.4, -0.2) is 42.4 Å². The number of hydrogen-bond acceptors (Lipinski definition) is 6. The topological polar surface area (TPSA) is 92.3 Å². The van der Waals surface area contributed by atoms with E-state index in [1.54, 1.807) is 24.3 Å². The fourth-order valence-corrected chi connectivity index (χ4v) is 6.02. The molecular formula is C26H25BrN4O3S2. The summed E-state index contributed by atoms with van der Waals surface area (Å²) in [5.74, 6) is -0.598. The number of nitrogens with one attached hydrogen (secondary N) is 1. The monoisotopic (exact) mass is 584 g/mol. The Balaban J connectivity index is 1.45. The number of carbonyl (C=O) groups excluding carboxylic acids is 1. The van der Waals surface area contributed by atoms with Crippen molar-refractivity contribution in [1.82, 2.24) is 14.5 Å². The van der Waals surface area contributed by atoms with E-state index in [0.717, 1.165) is 20.6 Å². The first-order valence-corrected chi connectivity index (χ1v) is 14.3. The van der Waals surface area contributed by atoms with Gasteiger partial charge in [0.25, 0.3) is 0 Å². The molecule has 1 heterocycles. The Morgan fingerprint density at radius 2 is 1.61 bits per heavy atom. The molecule has 0 spiro atoms. The summed E-state index contributed by atoms with van der Waals surface area (Å²) < 4.78 is 28.4. The summed E-state index contributed by atoms with van der Waals surface area (Å²) in [6.45, 7) is 0.144. The van der Waals surface area contributed by atoms with Crippen molar-refractivity contribution in [2.45, 2.75) is 23.7 Å². The highest BCUT2D eigenvalue weighted by Gasteiger charge is 2.26. The largest absolute Gasteiger partial charge is 0.301 e. The van der Waals surface area contributed by atoms with Crippen molar-refractivity contribution in [3.8, 4) is 0 Å². The number of hydrogen-bond donors (Lipinski definition) is 1. The van der Waals surface area contributed by atoms with Crippen LogP contribution in [0.1, 0.15) is 28.5 Å². The summed E-state index contributed by atoms with van der Waals surface area (Å²) in [6.07, 6.45) is 0.734. The number of amides is 1. The third kappa shape index (κ3) is 6.85. The third-order valence-electron chi connectivity index (χ3n) is 5.61. The zero-order valence-corrected chi connectivity index (χ0v) is 22.8. The van der Waals surface area contributed by atoms with E-state index >= 15 is 0 Å². The molecule has 4 rings (SSSR count). The van der Waals surface area contributed by atoms with Crippen LogP contribution in [0.5, 0.6) is 0 Å². The van der Waals surface area contributed by atoms with Crippen LogP contribution in [0.3, 0.4) is 0 Å². The van der Waals surface area contributed by atoms with E-state index < -0.39 is 10.0 Å². The third-order valence-corrected chi connectivity index (χ3v) is 8.82. The lowest BCUT2D eigenvalue weighted by molar-refractivity contribution is -0.116. The van der Waals surface area contributed by atoms with Crippen LogP contribution < -0.4 is 5.32 Å². The highest BCUT2D eigenvalue weighted by molar-refractivity contribution is 9.10. The highest BCUT2D eigenvalue weighted by Crippen LogP contribution is 2.26. The fraction of sp³-hybridized carbons (Fsp3) is 0.192. The second-order valence-corrected chi connectivity index (χ2v) is 12.3. The van der Waals surface area contributed by atoms with E-state index in [1.165, 1.54) is 22.7 Å². The SMILES string of the molecule is CN(CC(CC(=O)Nc1nnc(Cc2ccccc2)s1)c1ccccc1)S(=O)(=O)c1ccc(Br)cc1. The first kappa shape index (κ1) is 26.2. The number of aromatic nitrogens is 2. The quantitative estimate of drug-likeness (QED) is 0.272. The van der Waals surface area contributed by atoms with Crippen molar-refractivity contribution in [1.29, 1.82) is 0 Å². The number of rotatable bonds is 10. The number of sulfonamides is 1. The molecule has 1 aromatic heterocycles. The normalized spacial score (nSPS) is 12.4. The zero-order chi connectivity index (χ0) is 25.5. The number of anilines is 1. The Labute approximate surface area is 223 Å². The van der Waals surface area contributed by atoms with Crippen LogP contribution in [0.4, 0.5) is 5.13 Å². The lowest BCUT2D eigenvalue weighted by Crippen LogP contribution is -2.32. The van der Waals surface area contributed by atoms with Gasteiger partial charge in [-0.15, -0.1) is 10.2 Å². The molecule has 1 N–H and O–H groups in total. The Morgan fingerprint density at radius 3 is 2.28 bits per heavy atom. The molecule has 0 aliphatic heterocycles. The van der Waals surface area contributed by atoms with Crippen molar-refractivity contribution < 1.29 is 13.2 Å². The summed E-state index contributed by atoms with van der Waals surface area (Å²) in [4.78, 5) is 13.2. The molecule has 0 aliphatic rings. The van der Waals surface area contributed by atoms with Gasteiger partial charge in [-0.05, 0) is 35.4 Å². The molecule has 7 nitrogen and oxygen atoms in total. The summed E-state index contributed by atoms with van der Waals surface area (Å²) in [5, 5.41) is 12.3. The molecule has 1 atom stereocenters. The number of benzene rings is 3. The van der Waals surface area contributed by atoms with Gasteiger partial charge in [-0.2, -0.15) is 0 Å². The second kappa shape index (κ2) is 11.9. The van der Waals surface area contributed by atoms with Crippen LogP contribution in [0.25, 0.3) is 0 Å². The second-order valence-electron chi connectivity index (χ2n) is 8.26. The summed E-state index contributed by atoms with van der Waals surface area (Å²) in [6, 6.07) is 25.9. The van der Waals surface area contributed by atoms with E-state index in [0.29, 0.717) is 11.6 Å². The molecule has 0 bridgehead atoms. The van der Waals surface area contributed by atoms with Crippen LogP contribution in [0.15, 0.2) is 94.3 Å². The average Bonchev–Trinajstić information content (AvgIpc) is 3.31. The molecule has 10 heteroatoms. The van der Waals surface area contributed by atoms with Gasteiger partial charge in [0.1, 0.15) is 5.01 Å². The smallest absolute Gasteiger partial charge is 0.242 e. The van der Waals surface area contributed by atoms with Gasteiger partial charge in [0, 0.05) is 36.8 Å². The van der Waals surface area contributed by atoms with Gasteiger partial charge in [0.05, 0.1) is 4.90 Å². The van der Waals surface area contributed by atoms with Crippen molar-refractivity contribution in [2.24, 2.45) is 0 Å². The molecule has 4 aromatic rings. The van der Waals surface area contributed by atoms with E-state index in [1.807, 2.05) is 60.7 Å². The maximum atomic E-state index is 13.1. The maximum absolute atomic E-state index is 13.1. The first-order chi connectivity index (χ1) is 17.3. The Hall–Kier alpha value is -2.92. The predicted octanol–water partition coefficient (Wildman–Crippen LogP) is 5.32. The van der Waals surface area contributed by atoms with Crippen LogP contribution in [-0.2, 0) is 21.2 Å². The number of nitrogens with zero attached hydrogens (tertiary/aromatic N) is 3. The minimum atomic E-state index is -3.72. The van der Waals surface area contributed by atoms with Crippen LogP contribution in [0.2, 0.25) is 0 Å². The number of halogens is 1. The maximum Gasteiger partial charge on any atom is 0.242 e. The van der Waals surface area contributed by atoms with Crippen molar-refractivity contribution in [3.63, 3.8) is 0 Å². The standard InChI is InChI=1S/C26H25BrN4O3S2/c1-31(36(33,34)23-14-12-22(27)13-15-23)18-21(20-10-6-3-7-11-20)17-24(32)28-26-30-29-25(35-26)16-19-8-4-2-5-9-19/h2-15,21H,16-18H2,1H3,(H,28,30,32). The van der Waals surface area contributed by atoms with Gasteiger partial charge in [-0.3, -0.25) is 4.79 Å². The number of carbonyl (C=O) groups is 1. The summed E-state index contributed by atoms with van der Waals surface area (Å²) in [7, 11) is -2.19. The van der Waals surface area contributed by atoms with Crippen molar-refractivity contribution >= 4 is 48.3 Å². The molecule has 186 valence electrons. The molecule has 1 amide bonds. The Kier molecular flexibility index (Phi) is 8.63. The van der Waals surface area contributed by atoms with E-state index in [9.17, 15) is 13.2 Å². The molecule has 0 saturated heterocycles.